The minimum Gasteiger partial charge on any atom is -0.364 e. The molecule has 1 aromatic heterocycles. The van der Waals surface area contributed by atoms with Crippen LogP contribution in [-0.4, -0.2) is 10.9 Å². The van der Waals surface area contributed by atoms with Gasteiger partial charge in [0.15, 0.2) is 0 Å². The molecule has 1 amide bonds. The molecule has 2 aromatic rings. The number of H-pyrrole nitrogens is 1. The van der Waals surface area contributed by atoms with Crippen LogP contribution in [0.5, 0.6) is 0 Å². The molecule has 2 N–H and O–H groups in total. The van der Waals surface area contributed by atoms with Crippen LogP contribution in [0.15, 0.2) is 36.5 Å². The van der Waals surface area contributed by atoms with Crippen molar-refractivity contribution in [1.29, 1.82) is 0 Å². The Morgan fingerprint density at radius 1 is 1.28 bits per heavy atom. The molecule has 0 fully saturated rings. The Kier molecular flexibility index (Phi) is 3.72. The van der Waals surface area contributed by atoms with E-state index in [0.29, 0.717) is 6.54 Å². The molecule has 1 aromatic carbocycles. The largest absolute Gasteiger partial charge is 0.364 e. The fraction of sp³-hybridized carbons (Fsp3) is 0.154. The molecular weight excluding hydrogens is 238 g/mol. The van der Waals surface area contributed by atoms with E-state index >= 15 is 0 Å². The lowest BCUT2D eigenvalue weighted by molar-refractivity contribution is -0.120. The molecule has 0 aliphatic heterocycles. The highest BCUT2D eigenvalue weighted by molar-refractivity contribution is 5.78. The molecule has 1 heterocycles. The van der Waals surface area contributed by atoms with Crippen molar-refractivity contribution < 1.29 is 13.6 Å². The highest BCUT2D eigenvalue weighted by atomic mass is 19.1. The number of rotatable bonds is 4. The second kappa shape index (κ2) is 5.44. The summed E-state index contributed by atoms with van der Waals surface area (Å²) >= 11 is 0. The summed E-state index contributed by atoms with van der Waals surface area (Å²) in [5.74, 6) is -1.66. The van der Waals surface area contributed by atoms with Gasteiger partial charge in [-0.25, -0.2) is 8.78 Å². The summed E-state index contributed by atoms with van der Waals surface area (Å²) in [6.07, 6.45) is 1.65. The second-order valence-electron chi connectivity index (χ2n) is 3.88. The Bertz CT molecular complexity index is 538. The van der Waals surface area contributed by atoms with Gasteiger partial charge >= 0.3 is 0 Å². The predicted octanol–water partition coefficient (Wildman–Crippen LogP) is 2.15. The highest BCUT2D eigenvalue weighted by Crippen LogP contribution is 2.10. The fourth-order valence-electron chi connectivity index (χ4n) is 1.57. The van der Waals surface area contributed by atoms with E-state index in [-0.39, 0.29) is 17.9 Å². The first kappa shape index (κ1) is 12.3. The first-order valence-corrected chi connectivity index (χ1v) is 5.48. The average molecular weight is 250 g/mol. The van der Waals surface area contributed by atoms with Crippen molar-refractivity contribution >= 4 is 5.91 Å². The lowest BCUT2D eigenvalue weighted by Crippen LogP contribution is -2.25. The van der Waals surface area contributed by atoms with Crippen LogP contribution in [0.4, 0.5) is 8.78 Å². The van der Waals surface area contributed by atoms with E-state index in [1.165, 1.54) is 6.07 Å². The maximum absolute atomic E-state index is 13.3. The lowest BCUT2D eigenvalue weighted by Gasteiger charge is -2.05. The van der Waals surface area contributed by atoms with Gasteiger partial charge in [-0.1, -0.05) is 6.07 Å². The van der Waals surface area contributed by atoms with Gasteiger partial charge in [0, 0.05) is 18.0 Å². The summed E-state index contributed by atoms with van der Waals surface area (Å²) in [5.41, 5.74) is 1.04. The number of hydrogen-bond donors (Lipinski definition) is 2. The monoisotopic (exact) mass is 250 g/mol. The van der Waals surface area contributed by atoms with E-state index < -0.39 is 11.6 Å². The van der Waals surface area contributed by atoms with Crippen molar-refractivity contribution in [2.75, 3.05) is 0 Å². The third-order valence-electron chi connectivity index (χ3n) is 2.50. The maximum atomic E-state index is 13.3. The fourth-order valence-corrected chi connectivity index (χ4v) is 1.57. The Labute approximate surface area is 103 Å². The molecular formula is C13H12F2N2O. The topological polar surface area (TPSA) is 44.9 Å². The van der Waals surface area contributed by atoms with E-state index in [1.807, 2.05) is 12.1 Å². The Balaban J connectivity index is 1.91. The molecule has 0 unspecified atom stereocenters. The summed E-state index contributed by atoms with van der Waals surface area (Å²) < 4.78 is 26.0. The van der Waals surface area contributed by atoms with Crippen molar-refractivity contribution in [2.24, 2.45) is 0 Å². The molecule has 0 radical (unpaired) electrons. The number of halogens is 2. The van der Waals surface area contributed by atoms with Crippen LogP contribution in [-0.2, 0) is 17.8 Å². The lowest BCUT2D eigenvalue weighted by atomic mass is 10.1. The van der Waals surface area contributed by atoms with Crippen molar-refractivity contribution in [3.05, 3.63) is 59.4 Å². The van der Waals surface area contributed by atoms with E-state index in [1.54, 1.807) is 6.20 Å². The molecule has 18 heavy (non-hydrogen) atoms. The number of amides is 1. The van der Waals surface area contributed by atoms with Crippen LogP contribution in [0.1, 0.15) is 11.3 Å². The molecule has 0 saturated carbocycles. The van der Waals surface area contributed by atoms with E-state index in [2.05, 4.69) is 10.3 Å². The Morgan fingerprint density at radius 2 is 2.11 bits per heavy atom. The smallest absolute Gasteiger partial charge is 0.224 e. The van der Waals surface area contributed by atoms with Crippen molar-refractivity contribution in [3.8, 4) is 0 Å². The SMILES string of the molecule is O=C(Cc1ccc(F)cc1F)NCc1ccc[nH]1. The van der Waals surface area contributed by atoms with Gasteiger partial charge in [-0.05, 0) is 23.8 Å². The van der Waals surface area contributed by atoms with Crippen LogP contribution in [0.3, 0.4) is 0 Å². The first-order valence-electron chi connectivity index (χ1n) is 5.48. The van der Waals surface area contributed by atoms with Gasteiger partial charge in [-0.2, -0.15) is 0 Å². The van der Waals surface area contributed by atoms with Crippen molar-refractivity contribution in [2.45, 2.75) is 13.0 Å². The van der Waals surface area contributed by atoms with Crippen LogP contribution in [0, 0.1) is 11.6 Å². The van der Waals surface area contributed by atoms with Crippen LogP contribution < -0.4 is 5.32 Å². The summed E-state index contributed by atoms with van der Waals surface area (Å²) in [5, 5.41) is 2.64. The van der Waals surface area contributed by atoms with Crippen LogP contribution in [0.2, 0.25) is 0 Å². The number of carbonyl (C=O) groups is 1. The predicted molar refractivity (Wildman–Crippen MR) is 62.7 cm³/mol. The average Bonchev–Trinajstić information content (AvgIpc) is 2.83. The van der Waals surface area contributed by atoms with Crippen molar-refractivity contribution in [3.63, 3.8) is 0 Å². The van der Waals surface area contributed by atoms with Gasteiger partial charge < -0.3 is 10.3 Å². The van der Waals surface area contributed by atoms with Gasteiger partial charge in [0.1, 0.15) is 11.6 Å². The number of aromatic amines is 1. The summed E-state index contributed by atoms with van der Waals surface area (Å²) in [4.78, 5) is 14.5. The number of benzene rings is 1. The molecule has 0 aliphatic rings. The van der Waals surface area contributed by atoms with Crippen molar-refractivity contribution in [1.82, 2.24) is 10.3 Å². The normalized spacial score (nSPS) is 10.3. The van der Waals surface area contributed by atoms with E-state index in [9.17, 15) is 13.6 Å². The van der Waals surface area contributed by atoms with Gasteiger partial charge in [0.2, 0.25) is 5.91 Å². The molecule has 5 heteroatoms. The minimum absolute atomic E-state index is 0.104. The standard InChI is InChI=1S/C13H12F2N2O/c14-10-4-3-9(12(15)7-10)6-13(18)17-8-11-2-1-5-16-11/h1-5,7,16H,6,8H2,(H,17,18). The summed E-state index contributed by atoms with van der Waals surface area (Å²) in [7, 11) is 0. The Hall–Kier alpha value is -2.17. The van der Waals surface area contributed by atoms with Crippen LogP contribution in [0.25, 0.3) is 0 Å². The molecule has 94 valence electrons. The zero-order valence-corrected chi connectivity index (χ0v) is 9.54. The summed E-state index contributed by atoms with van der Waals surface area (Å²) in [6.45, 7) is 0.356. The van der Waals surface area contributed by atoms with E-state index in [4.69, 9.17) is 0 Å². The second-order valence-corrected chi connectivity index (χ2v) is 3.88. The molecule has 0 spiro atoms. The maximum Gasteiger partial charge on any atom is 0.224 e. The number of aromatic nitrogens is 1. The Morgan fingerprint density at radius 3 is 2.78 bits per heavy atom. The quantitative estimate of drug-likeness (QED) is 0.858. The van der Waals surface area contributed by atoms with Gasteiger partial charge in [0.05, 0.1) is 13.0 Å². The zero-order chi connectivity index (χ0) is 13.0. The molecule has 0 aliphatic carbocycles. The zero-order valence-electron chi connectivity index (χ0n) is 9.54. The highest BCUT2D eigenvalue weighted by Gasteiger charge is 2.09. The molecule has 2 rings (SSSR count). The molecule has 0 bridgehead atoms. The molecule has 0 saturated heterocycles. The van der Waals surface area contributed by atoms with E-state index in [0.717, 1.165) is 17.8 Å². The minimum atomic E-state index is -0.704. The summed E-state index contributed by atoms with van der Waals surface area (Å²) in [6, 6.07) is 6.84. The first-order chi connectivity index (χ1) is 8.65. The number of nitrogens with one attached hydrogen (secondary N) is 2. The van der Waals surface area contributed by atoms with Crippen LogP contribution >= 0.6 is 0 Å². The van der Waals surface area contributed by atoms with Gasteiger partial charge in [0.25, 0.3) is 0 Å². The third kappa shape index (κ3) is 3.16. The van der Waals surface area contributed by atoms with Gasteiger partial charge in [-0.15, -0.1) is 0 Å². The van der Waals surface area contributed by atoms with Gasteiger partial charge in [-0.3, -0.25) is 4.79 Å². The number of hydrogen-bond acceptors (Lipinski definition) is 1. The molecule has 3 nitrogen and oxygen atoms in total. The number of carbonyl (C=O) groups excluding carboxylic acids is 1. The molecule has 0 atom stereocenters. The third-order valence-corrected chi connectivity index (χ3v) is 2.50.